The molecule has 0 saturated heterocycles. The van der Waals surface area contributed by atoms with Crippen LogP contribution in [0.15, 0.2) is 11.2 Å². The van der Waals surface area contributed by atoms with Gasteiger partial charge in [0.25, 0.3) is 0 Å². The van der Waals surface area contributed by atoms with Gasteiger partial charge in [0.1, 0.15) is 0 Å². The van der Waals surface area contributed by atoms with Gasteiger partial charge in [-0.15, -0.1) is 0 Å². The maximum absolute atomic E-state index is 9.38. The summed E-state index contributed by atoms with van der Waals surface area (Å²) >= 11 is 2.95. The van der Waals surface area contributed by atoms with Crippen molar-refractivity contribution in [1.29, 1.82) is 0 Å². The summed E-state index contributed by atoms with van der Waals surface area (Å²) in [6.07, 6.45) is 2.07. The first-order valence-corrected chi connectivity index (χ1v) is 2.28. The Hall–Kier alpha value is -0.310. The van der Waals surface area contributed by atoms with Gasteiger partial charge in [-0.25, -0.2) is 0 Å². The van der Waals surface area contributed by atoms with Crippen molar-refractivity contribution in [3.05, 3.63) is 11.2 Å². The first-order valence-electron chi connectivity index (χ1n) is 1.36. The summed E-state index contributed by atoms with van der Waals surface area (Å²) in [7, 11) is 0. The molecular formula is C3H4BrNO. The van der Waals surface area contributed by atoms with E-state index in [1.54, 1.807) is 4.99 Å². The van der Waals surface area contributed by atoms with Gasteiger partial charge in [0, 0.05) is 6.20 Å². The van der Waals surface area contributed by atoms with Crippen molar-refractivity contribution in [1.82, 2.24) is 5.32 Å². The van der Waals surface area contributed by atoms with Crippen molar-refractivity contribution in [2.24, 2.45) is 0 Å². The molecule has 0 rings (SSSR count). The molecule has 0 aliphatic heterocycles. The zero-order chi connectivity index (χ0) is 4.83. The summed E-state index contributed by atoms with van der Waals surface area (Å²) in [5.41, 5.74) is 0. The summed E-state index contributed by atoms with van der Waals surface area (Å²) in [6.45, 7) is 0. The third-order valence-corrected chi connectivity index (χ3v) is 0.492. The Morgan fingerprint density at radius 2 is 2.33 bits per heavy atom. The quantitative estimate of drug-likeness (QED) is 0.573. The van der Waals surface area contributed by atoms with E-state index in [2.05, 4.69) is 21.2 Å². The Labute approximate surface area is 44.4 Å². The Balaban J connectivity index is 2.85. The molecule has 0 atom stereocenters. The van der Waals surface area contributed by atoms with Crippen LogP contribution in [-0.2, 0) is 4.79 Å². The summed E-state index contributed by atoms with van der Waals surface area (Å²) in [6, 6.07) is 0. The Morgan fingerprint density at radius 3 is 2.50 bits per heavy atom. The lowest BCUT2D eigenvalue weighted by molar-refractivity contribution is -0.108. The first kappa shape index (κ1) is 5.69. The minimum Gasteiger partial charge on any atom is -0.335 e. The van der Waals surface area contributed by atoms with E-state index in [1.807, 2.05) is 0 Å². The highest BCUT2D eigenvalue weighted by Crippen LogP contribution is 1.74. The Kier molecular flexibility index (Phi) is 4.45. The molecule has 0 aliphatic rings. The standard InChI is InChI=1S/C3H4BrNO/c4-1-2-5-3-6/h1-3H,(H,5,6)/b2-1-. The monoisotopic (exact) mass is 149 g/mol. The maximum Gasteiger partial charge on any atom is 0.211 e. The third-order valence-electron chi connectivity index (χ3n) is 0.227. The number of nitrogens with one attached hydrogen (secondary N) is 1. The average Bonchev–Trinajstić information content (AvgIpc) is 1.61. The topological polar surface area (TPSA) is 29.1 Å². The van der Waals surface area contributed by atoms with E-state index in [9.17, 15) is 4.79 Å². The van der Waals surface area contributed by atoms with Crippen LogP contribution in [0.2, 0.25) is 0 Å². The fourth-order valence-corrected chi connectivity index (χ4v) is 0.228. The molecule has 0 aliphatic carbocycles. The number of hydrogen-bond acceptors (Lipinski definition) is 1. The zero-order valence-electron chi connectivity index (χ0n) is 3.02. The van der Waals surface area contributed by atoms with Gasteiger partial charge in [0.05, 0.1) is 0 Å². The number of amides is 1. The first-order chi connectivity index (χ1) is 2.91. The normalized spacial score (nSPS) is 8.83. The molecule has 6 heavy (non-hydrogen) atoms. The van der Waals surface area contributed by atoms with Crippen molar-refractivity contribution in [3.63, 3.8) is 0 Å². The van der Waals surface area contributed by atoms with Crippen molar-refractivity contribution in [2.75, 3.05) is 0 Å². The van der Waals surface area contributed by atoms with Gasteiger partial charge in [-0.1, -0.05) is 15.9 Å². The summed E-state index contributed by atoms with van der Waals surface area (Å²) < 4.78 is 0. The zero-order valence-corrected chi connectivity index (χ0v) is 4.60. The maximum atomic E-state index is 9.38. The number of hydrogen-bond donors (Lipinski definition) is 1. The van der Waals surface area contributed by atoms with Gasteiger partial charge in [-0.3, -0.25) is 4.79 Å². The Bertz CT molecular complexity index is 61.8. The van der Waals surface area contributed by atoms with Crippen molar-refractivity contribution in [2.45, 2.75) is 0 Å². The van der Waals surface area contributed by atoms with Crippen LogP contribution in [0.3, 0.4) is 0 Å². The number of carbonyl (C=O) groups excluding carboxylic acids is 1. The summed E-state index contributed by atoms with van der Waals surface area (Å²) in [5, 5.41) is 2.29. The van der Waals surface area contributed by atoms with E-state index in [1.165, 1.54) is 6.20 Å². The minimum atomic E-state index is 0.595. The number of carbonyl (C=O) groups is 1. The van der Waals surface area contributed by atoms with Crippen LogP contribution < -0.4 is 5.32 Å². The molecule has 2 nitrogen and oxygen atoms in total. The second kappa shape index (κ2) is 4.69. The fourth-order valence-electron chi connectivity index (χ4n) is 0.0757. The van der Waals surface area contributed by atoms with Crippen LogP contribution in [0.1, 0.15) is 0 Å². The van der Waals surface area contributed by atoms with E-state index in [0.717, 1.165) is 0 Å². The third kappa shape index (κ3) is 3.69. The van der Waals surface area contributed by atoms with E-state index in [-0.39, 0.29) is 0 Å². The largest absolute Gasteiger partial charge is 0.335 e. The van der Waals surface area contributed by atoms with Crippen LogP contribution in [0.25, 0.3) is 0 Å². The van der Waals surface area contributed by atoms with Crippen LogP contribution in [-0.4, -0.2) is 6.41 Å². The van der Waals surface area contributed by atoms with Gasteiger partial charge >= 0.3 is 0 Å². The summed E-state index contributed by atoms with van der Waals surface area (Å²) in [5.74, 6) is 0. The van der Waals surface area contributed by atoms with Crippen LogP contribution in [0, 0.1) is 0 Å². The van der Waals surface area contributed by atoms with E-state index >= 15 is 0 Å². The molecule has 0 aromatic heterocycles. The molecule has 0 spiro atoms. The molecule has 34 valence electrons. The molecule has 0 aromatic carbocycles. The minimum absolute atomic E-state index is 0.595. The highest BCUT2D eigenvalue weighted by atomic mass is 79.9. The van der Waals surface area contributed by atoms with Crippen molar-refractivity contribution < 1.29 is 4.79 Å². The lowest BCUT2D eigenvalue weighted by Crippen LogP contribution is -1.96. The van der Waals surface area contributed by atoms with Gasteiger partial charge in [0.15, 0.2) is 0 Å². The molecule has 0 unspecified atom stereocenters. The molecule has 0 aromatic rings. The smallest absolute Gasteiger partial charge is 0.211 e. The van der Waals surface area contributed by atoms with E-state index < -0.39 is 0 Å². The highest BCUT2D eigenvalue weighted by molar-refractivity contribution is 9.11. The molecule has 0 bridgehead atoms. The SMILES string of the molecule is O=CN/C=C\Br. The molecule has 0 saturated carbocycles. The van der Waals surface area contributed by atoms with Gasteiger partial charge < -0.3 is 5.32 Å². The number of halogens is 1. The summed E-state index contributed by atoms with van der Waals surface area (Å²) in [4.78, 5) is 10.9. The fraction of sp³-hybridized carbons (Fsp3) is 0. The predicted octanol–water partition coefficient (Wildman–Crippen LogP) is 0.599. The van der Waals surface area contributed by atoms with Crippen LogP contribution >= 0.6 is 15.9 Å². The lowest BCUT2D eigenvalue weighted by atomic mass is 11.0. The Morgan fingerprint density at radius 1 is 1.67 bits per heavy atom. The lowest BCUT2D eigenvalue weighted by Gasteiger charge is -1.73. The molecule has 1 amide bonds. The molecular weight excluding hydrogens is 146 g/mol. The van der Waals surface area contributed by atoms with Gasteiger partial charge in [0.2, 0.25) is 6.41 Å². The second-order valence-corrected chi connectivity index (χ2v) is 1.11. The highest BCUT2D eigenvalue weighted by Gasteiger charge is 1.57. The molecule has 1 N–H and O–H groups in total. The van der Waals surface area contributed by atoms with Gasteiger partial charge in [-0.05, 0) is 4.99 Å². The number of rotatable bonds is 2. The molecule has 3 heteroatoms. The van der Waals surface area contributed by atoms with Crippen molar-refractivity contribution >= 4 is 22.3 Å². The van der Waals surface area contributed by atoms with Crippen molar-refractivity contribution in [3.8, 4) is 0 Å². The predicted molar refractivity (Wildman–Crippen MR) is 27.3 cm³/mol. The van der Waals surface area contributed by atoms with Crippen LogP contribution in [0.4, 0.5) is 0 Å². The molecule has 0 radical (unpaired) electrons. The van der Waals surface area contributed by atoms with Gasteiger partial charge in [-0.2, -0.15) is 0 Å². The van der Waals surface area contributed by atoms with E-state index in [0.29, 0.717) is 6.41 Å². The molecule has 0 heterocycles. The van der Waals surface area contributed by atoms with E-state index in [4.69, 9.17) is 0 Å². The van der Waals surface area contributed by atoms with Crippen LogP contribution in [0.5, 0.6) is 0 Å². The average molecular weight is 150 g/mol. The molecule has 0 fully saturated rings. The second-order valence-electron chi connectivity index (χ2n) is 0.577.